The van der Waals surface area contributed by atoms with Crippen LogP contribution in [-0.4, -0.2) is 60.0 Å². The Morgan fingerprint density at radius 3 is 1.70 bits per heavy atom. The van der Waals surface area contributed by atoms with Gasteiger partial charge in [-0.15, -0.1) is 0 Å². The van der Waals surface area contributed by atoms with Gasteiger partial charge in [-0.25, -0.2) is 0 Å². The predicted octanol–water partition coefficient (Wildman–Crippen LogP) is 4.11. The first-order valence-electron chi connectivity index (χ1n) is 8.59. The second-order valence-corrected chi connectivity index (χ2v) is 19.1. The van der Waals surface area contributed by atoms with Gasteiger partial charge >= 0.3 is 8.80 Å². The third-order valence-electron chi connectivity index (χ3n) is 3.93. The zero-order valence-electron chi connectivity index (χ0n) is 16.5. The molecule has 0 unspecified atom stereocenters. The maximum Gasteiger partial charge on any atom is 0.499 e. The average Bonchev–Trinajstić information content (AvgIpc) is 2.48. The summed E-state index contributed by atoms with van der Waals surface area (Å²) in [6, 6.07) is 2.96. The van der Waals surface area contributed by atoms with Crippen LogP contribution in [0.1, 0.15) is 19.8 Å². The molecule has 0 aliphatic carbocycles. The lowest BCUT2D eigenvalue weighted by Gasteiger charge is -2.35. The molecule has 0 amide bonds. The van der Waals surface area contributed by atoms with Crippen LogP contribution in [-0.2, 0) is 22.1 Å². The van der Waals surface area contributed by atoms with Gasteiger partial charge in [0.05, 0.1) is 0 Å². The van der Waals surface area contributed by atoms with Crippen LogP contribution in [0.5, 0.6) is 0 Å². The Bertz CT molecular complexity index is 301. The third kappa shape index (κ3) is 10.1. The minimum absolute atomic E-state index is 0.819. The van der Waals surface area contributed by atoms with Gasteiger partial charge in [0.1, 0.15) is 0 Å². The molecule has 0 atom stereocenters. The molecule has 0 aromatic rings. The molecule has 23 heavy (non-hydrogen) atoms. The smallest absolute Gasteiger partial charge is 0.456 e. The lowest BCUT2D eigenvalue weighted by atomic mass is 10.5. The fourth-order valence-electron chi connectivity index (χ4n) is 2.71. The van der Waals surface area contributed by atoms with Gasteiger partial charge < -0.3 is 22.1 Å². The summed E-state index contributed by atoms with van der Waals surface area (Å²) < 4.78 is 28.8. The van der Waals surface area contributed by atoms with Crippen molar-refractivity contribution in [1.82, 2.24) is 0 Å². The molecule has 0 saturated heterocycles. The van der Waals surface area contributed by atoms with E-state index in [9.17, 15) is 0 Å². The molecule has 0 spiro atoms. The Morgan fingerprint density at radius 2 is 1.22 bits per heavy atom. The molecule has 140 valence electrons. The summed E-state index contributed by atoms with van der Waals surface area (Å²) >= 11 is 0. The van der Waals surface area contributed by atoms with Gasteiger partial charge in [0, 0.05) is 40.6 Å². The first kappa shape index (κ1) is 23.5. The fourth-order valence-corrected chi connectivity index (χ4v) is 15.2. The van der Waals surface area contributed by atoms with Crippen LogP contribution >= 0.6 is 0 Å². The highest BCUT2D eigenvalue weighted by atomic mass is 28.4. The van der Waals surface area contributed by atoms with E-state index in [1.807, 2.05) is 0 Å². The second kappa shape index (κ2) is 11.1. The Hall–Kier alpha value is 0.451. The molecular weight excluding hydrogens is 344 g/mol. The average molecular weight is 383 g/mol. The standard InChI is InChI=1S/C15H38O5Si3/c1-9-11-19-12-10-13-21(5,6)20-22(7,8)14-15-23(16-2,17-3)18-4/h9-15H2,1-8H3. The van der Waals surface area contributed by atoms with Gasteiger partial charge in [-0.1, -0.05) is 6.92 Å². The van der Waals surface area contributed by atoms with Crippen LogP contribution < -0.4 is 0 Å². The van der Waals surface area contributed by atoms with Gasteiger partial charge in [-0.2, -0.15) is 0 Å². The summed E-state index contributed by atoms with van der Waals surface area (Å²) in [5, 5.41) is 0. The molecule has 0 N–H and O–H groups in total. The van der Waals surface area contributed by atoms with E-state index in [0.29, 0.717) is 0 Å². The summed E-state index contributed by atoms with van der Waals surface area (Å²) in [6.45, 7) is 13.1. The number of rotatable bonds is 14. The highest BCUT2D eigenvalue weighted by Gasteiger charge is 2.41. The molecule has 8 heteroatoms. The summed E-state index contributed by atoms with van der Waals surface area (Å²) in [6.07, 6.45) is 2.18. The normalized spacial score (nSPS) is 13.6. The van der Waals surface area contributed by atoms with Gasteiger partial charge in [0.15, 0.2) is 16.6 Å². The minimum Gasteiger partial charge on any atom is -0.456 e. The Labute approximate surface area is 146 Å². The van der Waals surface area contributed by atoms with Gasteiger partial charge in [-0.05, 0) is 51.1 Å². The van der Waals surface area contributed by atoms with Crippen LogP contribution in [0, 0.1) is 0 Å². The molecule has 0 fully saturated rings. The summed E-state index contributed by atoms with van der Waals surface area (Å²) in [4.78, 5) is 0. The SMILES string of the molecule is CCCOCCC[Si](C)(C)O[Si](C)(C)CC[Si](OC)(OC)OC. The van der Waals surface area contributed by atoms with Crippen LogP contribution in [0.2, 0.25) is 44.3 Å². The Morgan fingerprint density at radius 1 is 0.696 bits per heavy atom. The minimum atomic E-state index is -2.49. The highest BCUT2D eigenvalue weighted by molar-refractivity contribution is 6.85. The second-order valence-electron chi connectivity index (χ2n) is 7.13. The van der Waals surface area contributed by atoms with Crippen LogP contribution in [0.25, 0.3) is 0 Å². The third-order valence-corrected chi connectivity index (χ3v) is 14.6. The van der Waals surface area contributed by atoms with Crippen molar-refractivity contribution >= 4 is 25.4 Å². The molecule has 0 bridgehead atoms. The van der Waals surface area contributed by atoms with Crippen molar-refractivity contribution in [3.8, 4) is 0 Å². The van der Waals surface area contributed by atoms with Crippen molar-refractivity contribution in [3.05, 3.63) is 0 Å². The van der Waals surface area contributed by atoms with E-state index in [-0.39, 0.29) is 0 Å². The van der Waals surface area contributed by atoms with E-state index < -0.39 is 25.4 Å². The molecule has 0 radical (unpaired) electrons. The molecule has 0 aliphatic heterocycles. The van der Waals surface area contributed by atoms with Gasteiger partial charge in [0.2, 0.25) is 0 Å². The van der Waals surface area contributed by atoms with Crippen LogP contribution in [0.15, 0.2) is 0 Å². The van der Waals surface area contributed by atoms with Gasteiger partial charge in [-0.3, -0.25) is 0 Å². The molecular formula is C15H38O5Si3. The first-order valence-corrected chi connectivity index (χ1v) is 16.8. The maximum atomic E-state index is 6.64. The number of ether oxygens (including phenoxy) is 1. The monoisotopic (exact) mass is 382 g/mol. The van der Waals surface area contributed by atoms with E-state index in [4.69, 9.17) is 22.1 Å². The zero-order valence-corrected chi connectivity index (χ0v) is 19.5. The molecule has 0 aliphatic rings. The molecule has 0 aromatic carbocycles. The number of hydrogen-bond donors (Lipinski definition) is 0. The van der Waals surface area contributed by atoms with Crippen molar-refractivity contribution in [2.75, 3.05) is 34.5 Å². The van der Waals surface area contributed by atoms with Crippen molar-refractivity contribution in [2.24, 2.45) is 0 Å². The fraction of sp³-hybridized carbons (Fsp3) is 1.00. The Kier molecular flexibility index (Phi) is 11.4. The first-order chi connectivity index (χ1) is 10.7. The lowest BCUT2D eigenvalue weighted by molar-refractivity contribution is 0.125. The predicted molar refractivity (Wildman–Crippen MR) is 103 cm³/mol. The van der Waals surface area contributed by atoms with Crippen molar-refractivity contribution in [3.63, 3.8) is 0 Å². The summed E-state index contributed by atoms with van der Waals surface area (Å²) in [5.74, 6) is 0. The lowest BCUT2D eigenvalue weighted by Crippen LogP contribution is -2.48. The van der Waals surface area contributed by atoms with Crippen molar-refractivity contribution in [2.45, 2.75) is 64.1 Å². The van der Waals surface area contributed by atoms with Crippen LogP contribution in [0.3, 0.4) is 0 Å². The Balaban J connectivity index is 4.36. The largest absolute Gasteiger partial charge is 0.499 e. The number of hydrogen-bond acceptors (Lipinski definition) is 5. The van der Waals surface area contributed by atoms with Crippen LogP contribution in [0.4, 0.5) is 0 Å². The highest BCUT2D eigenvalue weighted by Crippen LogP contribution is 2.27. The summed E-state index contributed by atoms with van der Waals surface area (Å²) in [5.41, 5.74) is 0. The van der Waals surface area contributed by atoms with E-state index in [2.05, 4.69) is 33.1 Å². The molecule has 0 aromatic heterocycles. The van der Waals surface area contributed by atoms with Crippen molar-refractivity contribution in [1.29, 1.82) is 0 Å². The van der Waals surface area contributed by atoms with E-state index in [1.165, 1.54) is 0 Å². The maximum absolute atomic E-state index is 6.64. The van der Waals surface area contributed by atoms with E-state index >= 15 is 0 Å². The molecule has 0 rings (SSSR count). The topological polar surface area (TPSA) is 46.2 Å². The molecule has 5 nitrogen and oxygen atoms in total. The molecule has 0 saturated carbocycles. The quantitative estimate of drug-likeness (QED) is 0.334. The zero-order chi connectivity index (χ0) is 18.0. The molecule has 0 heterocycles. The summed E-state index contributed by atoms with van der Waals surface area (Å²) in [7, 11) is -0.890. The van der Waals surface area contributed by atoms with Crippen molar-refractivity contribution < 1.29 is 22.1 Å². The van der Waals surface area contributed by atoms with E-state index in [1.54, 1.807) is 21.3 Å². The van der Waals surface area contributed by atoms with Gasteiger partial charge in [0.25, 0.3) is 0 Å². The van der Waals surface area contributed by atoms with E-state index in [0.717, 1.165) is 44.2 Å².